The molecular formula is C15H15N3O2S. The van der Waals surface area contributed by atoms with Crippen LogP contribution in [0, 0.1) is 6.92 Å². The van der Waals surface area contributed by atoms with E-state index in [9.17, 15) is 4.79 Å². The summed E-state index contributed by atoms with van der Waals surface area (Å²) in [4.78, 5) is 16.2. The number of aromatic nitrogens is 1. The van der Waals surface area contributed by atoms with Crippen LogP contribution in [0.25, 0.3) is 0 Å². The number of para-hydroxylation sites is 1. The molecule has 0 atom stereocenters. The predicted octanol–water partition coefficient (Wildman–Crippen LogP) is 2.30. The van der Waals surface area contributed by atoms with Crippen molar-refractivity contribution in [2.75, 3.05) is 6.61 Å². The van der Waals surface area contributed by atoms with Crippen molar-refractivity contribution in [3.05, 3.63) is 45.9 Å². The monoisotopic (exact) mass is 301 g/mol. The molecule has 0 fully saturated rings. The van der Waals surface area contributed by atoms with E-state index in [1.807, 2.05) is 36.6 Å². The minimum atomic E-state index is -0.156. The van der Waals surface area contributed by atoms with Gasteiger partial charge in [0.25, 0.3) is 0 Å². The molecular weight excluding hydrogens is 286 g/mol. The van der Waals surface area contributed by atoms with Crippen LogP contribution in [0.3, 0.4) is 0 Å². The van der Waals surface area contributed by atoms with Gasteiger partial charge in [-0.2, -0.15) is 5.10 Å². The summed E-state index contributed by atoms with van der Waals surface area (Å²) in [6.07, 6.45) is 0.937. The maximum absolute atomic E-state index is 11.9. The van der Waals surface area contributed by atoms with Crippen LogP contribution in [0.2, 0.25) is 0 Å². The van der Waals surface area contributed by atoms with Gasteiger partial charge in [0, 0.05) is 17.4 Å². The summed E-state index contributed by atoms with van der Waals surface area (Å²) in [5, 5.41) is 7.10. The highest BCUT2D eigenvalue weighted by atomic mass is 32.1. The third-order valence-electron chi connectivity index (χ3n) is 3.12. The molecule has 0 saturated heterocycles. The van der Waals surface area contributed by atoms with E-state index >= 15 is 0 Å². The number of ether oxygens (including phenoxy) is 1. The van der Waals surface area contributed by atoms with E-state index in [0.29, 0.717) is 13.0 Å². The van der Waals surface area contributed by atoms with E-state index in [-0.39, 0.29) is 12.3 Å². The molecule has 5 nitrogen and oxygen atoms in total. The summed E-state index contributed by atoms with van der Waals surface area (Å²) < 4.78 is 5.56. The van der Waals surface area contributed by atoms with Crippen molar-refractivity contribution in [1.29, 1.82) is 0 Å². The largest absolute Gasteiger partial charge is 0.492 e. The lowest BCUT2D eigenvalue weighted by molar-refractivity contribution is -0.120. The number of hydrogen-bond acceptors (Lipinski definition) is 5. The summed E-state index contributed by atoms with van der Waals surface area (Å²) in [6.45, 7) is 2.50. The van der Waals surface area contributed by atoms with Gasteiger partial charge in [-0.05, 0) is 19.1 Å². The van der Waals surface area contributed by atoms with E-state index in [4.69, 9.17) is 4.74 Å². The molecule has 108 valence electrons. The molecule has 6 heteroatoms. The maximum atomic E-state index is 11.9. The molecule has 1 aromatic carbocycles. The van der Waals surface area contributed by atoms with Gasteiger partial charge in [-0.3, -0.25) is 4.79 Å². The fraction of sp³-hybridized carbons (Fsp3) is 0.267. The van der Waals surface area contributed by atoms with Crippen molar-refractivity contribution < 1.29 is 9.53 Å². The van der Waals surface area contributed by atoms with Crippen LogP contribution in [-0.4, -0.2) is 23.2 Å². The Morgan fingerprint density at radius 2 is 2.33 bits per heavy atom. The summed E-state index contributed by atoms with van der Waals surface area (Å²) in [7, 11) is 0. The normalized spacial score (nSPS) is 15.4. The fourth-order valence-electron chi connectivity index (χ4n) is 2.16. The quantitative estimate of drug-likeness (QED) is 0.885. The lowest BCUT2D eigenvalue weighted by atomic mass is 10.0. The molecule has 1 amide bonds. The van der Waals surface area contributed by atoms with E-state index in [1.165, 1.54) is 11.3 Å². The van der Waals surface area contributed by atoms with Crippen LogP contribution in [0.5, 0.6) is 5.75 Å². The standard InChI is InChI=1S/C15H15N3O2S/c1-10-16-11(9-21-10)8-15(19)18-17-13-6-7-20-14-5-3-2-4-12(13)14/h2-5,9H,6-8H2,1H3,(H,18,19). The minimum Gasteiger partial charge on any atom is -0.492 e. The van der Waals surface area contributed by atoms with Gasteiger partial charge in [0.05, 0.1) is 29.4 Å². The first-order valence-corrected chi connectivity index (χ1v) is 7.59. The van der Waals surface area contributed by atoms with Crippen molar-refractivity contribution >= 4 is 23.0 Å². The van der Waals surface area contributed by atoms with Crippen LogP contribution in [0.1, 0.15) is 22.7 Å². The number of rotatable bonds is 3. The molecule has 1 aromatic heterocycles. The molecule has 2 aromatic rings. The Kier molecular flexibility index (Phi) is 3.96. The van der Waals surface area contributed by atoms with Crippen LogP contribution < -0.4 is 10.2 Å². The van der Waals surface area contributed by atoms with Crippen molar-refractivity contribution in [2.45, 2.75) is 19.8 Å². The van der Waals surface area contributed by atoms with Crippen LogP contribution in [0.4, 0.5) is 0 Å². The smallest absolute Gasteiger partial charge is 0.246 e. The molecule has 1 aliphatic rings. The first kappa shape index (κ1) is 13.8. The average molecular weight is 301 g/mol. The van der Waals surface area contributed by atoms with E-state index in [1.54, 1.807) is 0 Å². The second-order valence-electron chi connectivity index (χ2n) is 4.72. The van der Waals surface area contributed by atoms with Gasteiger partial charge in [-0.1, -0.05) is 12.1 Å². The predicted molar refractivity (Wildman–Crippen MR) is 81.8 cm³/mol. The number of nitrogens with one attached hydrogen (secondary N) is 1. The Balaban J connectivity index is 1.68. The maximum Gasteiger partial charge on any atom is 0.246 e. The Bertz CT molecular complexity index is 694. The number of nitrogens with zero attached hydrogens (tertiary/aromatic N) is 2. The first-order valence-electron chi connectivity index (χ1n) is 6.71. The molecule has 0 bridgehead atoms. The number of carbonyl (C=O) groups is 1. The third-order valence-corrected chi connectivity index (χ3v) is 3.94. The second-order valence-corrected chi connectivity index (χ2v) is 5.78. The Morgan fingerprint density at radius 3 is 3.14 bits per heavy atom. The Hall–Kier alpha value is -2.21. The molecule has 2 heterocycles. The zero-order chi connectivity index (χ0) is 14.7. The van der Waals surface area contributed by atoms with Crippen LogP contribution in [0.15, 0.2) is 34.7 Å². The van der Waals surface area contributed by atoms with E-state index in [0.717, 1.165) is 27.7 Å². The van der Waals surface area contributed by atoms with Gasteiger partial charge in [0.2, 0.25) is 5.91 Å². The zero-order valence-electron chi connectivity index (χ0n) is 11.6. The molecule has 3 rings (SSSR count). The molecule has 21 heavy (non-hydrogen) atoms. The number of hydrazone groups is 1. The highest BCUT2D eigenvalue weighted by Crippen LogP contribution is 2.24. The molecule has 1 N–H and O–H groups in total. The van der Waals surface area contributed by atoms with Gasteiger partial charge in [-0.15, -0.1) is 11.3 Å². The van der Waals surface area contributed by atoms with Gasteiger partial charge in [0.1, 0.15) is 5.75 Å². The summed E-state index contributed by atoms with van der Waals surface area (Å²) in [5.41, 5.74) is 5.17. The summed E-state index contributed by atoms with van der Waals surface area (Å²) in [6, 6.07) is 7.71. The number of hydrogen-bond donors (Lipinski definition) is 1. The first-order chi connectivity index (χ1) is 10.2. The fourth-order valence-corrected chi connectivity index (χ4v) is 2.78. The van der Waals surface area contributed by atoms with Crippen molar-refractivity contribution in [3.8, 4) is 5.75 Å². The topological polar surface area (TPSA) is 63.6 Å². The number of benzene rings is 1. The van der Waals surface area contributed by atoms with Crippen LogP contribution >= 0.6 is 11.3 Å². The number of fused-ring (bicyclic) bond motifs is 1. The highest BCUT2D eigenvalue weighted by molar-refractivity contribution is 7.09. The molecule has 0 unspecified atom stereocenters. The third kappa shape index (κ3) is 3.28. The van der Waals surface area contributed by atoms with Crippen molar-refractivity contribution in [1.82, 2.24) is 10.4 Å². The number of amides is 1. The number of carbonyl (C=O) groups excluding carboxylic acids is 1. The van der Waals surface area contributed by atoms with Gasteiger partial charge in [0.15, 0.2) is 0 Å². The number of aryl methyl sites for hydroxylation is 1. The van der Waals surface area contributed by atoms with Gasteiger partial charge in [-0.25, -0.2) is 10.4 Å². The van der Waals surface area contributed by atoms with Crippen molar-refractivity contribution in [3.63, 3.8) is 0 Å². The highest BCUT2D eigenvalue weighted by Gasteiger charge is 2.16. The Labute approximate surface area is 126 Å². The van der Waals surface area contributed by atoms with Crippen LogP contribution in [-0.2, 0) is 11.2 Å². The molecule has 1 aliphatic heterocycles. The number of thiazole rings is 1. The van der Waals surface area contributed by atoms with Gasteiger partial charge >= 0.3 is 0 Å². The van der Waals surface area contributed by atoms with E-state index < -0.39 is 0 Å². The minimum absolute atomic E-state index is 0.156. The molecule has 0 spiro atoms. The van der Waals surface area contributed by atoms with E-state index in [2.05, 4.69) is 15.5 Å². The van der Waals surface area contributed by atoms with Gasteiger partial charge < -0.3 is 4.74 Å². The SMILES string of the molecule is Cc1nc(CC(=O)NN=C2CCOc3ccccc32)cs1. The Morgan fingerprint density at radius 1 is 1.48 bits per heavy atom. The molecule has 0 aliphatic carbocycles. The molecule has 0 radical (unpaired) electrons. The molecule has 0 saturated carbocycles. The average Bonchev–Trinajstić information content (AvgIpc) is 2.90. The lowest BCUT2D eigenvalue weighted by Gasteiger charge is -2.18. The van der Waals surface area contributed by atoms with Crippen molar-refractivity contribution in [2.24, 2.45) is 5.10 Å². The summed E-state index contributed by atoms with van der Waals surface area (Å²) in [5.74, 6) is 0.656. The zero-order valence-corrected chi connectivity index (χ0v) is 12.4. The second kappa shape index (κ2) is 6.05. The lowest BCUT2D eigenvalue weighted by Crippen LogP contribution is -2.24. The summed E-state index contributed by atoms with van der Waals surface area (Å²) >= 11 is 1.54.